The van der Waals surface area contributed by atoms with Crippen LogP contribution >= 0.6 is 0 Å². The van der Waals surface area contributed by atoms with Gasteiger partial charge in [0.1, 0.15) is 0 Å². The molecule has 3 heteroatoms. The van der Waals surface area contributed by atoms with Crippen molar-refractivity contribution in [2.24, 2.45) is 5.41 Å². The van der Waals surface area contributed by atoms with E-state index in [0.717, 1.165) is 19.3 Å². The summed E-state index contributed by atoms with van der Waals surface area (Å²) in [5, 5.41) is 14.3. The van der Waals surface area contributed by atoms with E-state index in [4.69, 9.17) is 0 Å². The van der Waals surface area contributed by atoms with E-state index in [0.29, 0.717) is 12.0 Å². The Kier molecular flexibility index (Phi) is 3.30. The molecule has 1 fully saturated rings. The monoisotopic (exact) mass is 236 g/mol. The quantitative estimate of drug-likeness (QED) is 0.856. The Hall–Kier alpha value is -0.830. The fourth-order valence-corrected chi connectivity index (χ4v) is 2.69. The average Bonchev–Trinajstić information content (AvgIpc) is 2.70. The summed E-state index contributed by atoms with van der Waals surface area (Å²) in [7, 11) is 0. The zero-order chi connectivity index (χ0) is 12.6. The van der Waals surface area contributed by atoms with Crippen LogP contribution in [0.5, 0.6) is 0 Å². The van der Waals surface area contributed by atoms with Gasteiger partial charge in [0.15, 0.2) is 0 Å². The van der Waals surface area contributed by atoms with Gasteiger partial charge in [0, 0.05) is 6.20 Å². The van der Waals surface area contributed by atoms with Crippen LogP contribution in [0.4, 0.5) is 0 Å². The van der Waals surface area contributed by atoms with Gasteiger partial charge in [0.2, 0.25) is 0 Å². The van der Waals surface area contributed by atoms with Crippen LogP contribution in [0, 0.1) is 5.41 Å². The number of nitrogens with zero attached hydrogens (tertiary/aromatic N) is 2. The Bertz CT molecular complexity index is 381. The van der Waals surface area contributed by atoms with E-state index >= 15 is 0 Å². The van der Waals surface area contributed by atoms with Crippen molar-refractivity contribution in [2.75, 3.05) is 0 Å². The molecule has 1 saturated carbocycles. The molecule has 1 N–H and O–H groups in total. The summed E-state index contributed by atoms with van der Waals surface area (Å²) in [5.41, 5.74) is 1.50. The summed E-state index contributed by atoms with van der Waals surface area (Å²) < 4.78 is 2.07. The lowest BCUT2D eigenvalue weighted by Gasteiger charge is -2.40. The minimum Gasteiger partial charge on any atom is -0.393 e. The molecule has 3 nitrogen and oxygen atoms in total. The lowest BCUT2D eigenvalue weighted by molar-refractivity contribution is 0.0292. The smallest absolute Gasteiger partial charge is 0.0594 e. The molecule has 0 radical (unpaired) electrons. The maximum absolute atomic E-state index is 9.85. The summed E-state index contributed by atoms with van der Waals surface area (Å²) in [4.78, 5) is 0. The fraction of sp³-hybridized carbons (Fsp3) is 0.786. The van der Waals surface area contributed by atoms with Gasteiger partial charge in [-0.15, -0.1) is 0 Å². The highest BCUT2D eigenvalue weighted by molar-refractivity contribution is 5.10. The molecule has 2 unspecified atom stereocenters. The number of aliphatic hydroxyl groups is 1. The van der Waals surface area contributed by atoms with Crippen LogP contribution in [-0.2, 0) is 0 Å². The van der Waals surface area contributed by atoms with Crippen molar-refractivity contribution in [2.45, 2.75) is 65.0 Å². The van der Waals surface area contributed by atoms with E-state index in [1.54, 1.807) is 0 Å². The minimum atomic E-state index is -0.167. The number of aliphatic hydroxyl groups excluding tert-OH is 1. The van der Waals surface area contributed by atoms with Crippen molar-refractivity contribution in [1.29, 1.82) is 0 Å². The number of hydrogen-bond acceptors (Lipinski definition) is 2. The SMILES string of the molecule is CC(C)c1cnn(C2CC(O)CCC2(C)C)c1. The van der Waals surface area contributed by atoms with Crippen LogP contribution < -0.4 is 0 Å². The van der Waals surface area contributed by atoms with Gasteiger partial charge in [-0.05, 0) is 36.2 Å². The third-order valence-corrected chi connectivity index (χ3v) is 4.13. The highest BCUT2D eigenvalue weighted by atomic mass is 16.3. The van der Waals surface area contributed by atoms with E-state index in [2.05, 4.69) is 43.7 Å². The molecule has 1 aliphatic carbocycles. The molecule has 0 aliphatic heterocycles. The minimum absolute atomic E-state index is 0.167. The molecule has 1 aromatic rings. The van der Waals surface area contributed by atoms with Crippen molar-refractivity contribution >= 4 is 0 Å². The zero-order valence-corrected chi connectivity index (χ0v) is 11.3. The van der Waals surface area contributed by atoms with Crippen LogP contribution in [0.1, 0.15) is 64.5 Å². The zero-order valence-electron chi connectivity index (χ0n) is 11.3. The molecule has 0 saturated heterocycles. The van der Waals surface area contributed by atoms with Crippen LogP contribution in [0.25, 0.3) is 0 Å². The molecule has 17 heavy (non-hydrogen) atoms. The lowest BCUT2D eigenvalue weighted by Crippen LogP contribution is -2.36. The Labute approximate surface area is 104 Å². The second-order valence-corrected chi connectivity index (χ2v) is 6.34. The largest absolute Gasteiger partial charge is 0.393 e. The van der Waals surface area contributed by atoms with Crippen molar-refractivity contribution in [1.82, 2.24) is 9.78 Å². The van der Waals surface area contributed by atoms with E-state index in [1.165, 1.54) is 5.56 Å². The van der Waals surface area contributed by atoms with Crippen LogP contribution in [0.15, 0.2) is 12.4 Å². The van der Waals surface area contributed by atoms with Gasteiger partial charge in [-0.3, -0.25) is 4.68 Å². The first-order valence-corrected chi connectivity index (χ1v) is 6.62. The van der Waals surface area contributed by atoms with Gasteiger partial charge in [-0.2, -0.15) is 5.10 Å². The predicted octanol–water partition coefficient (Wildman–Crippen LogP) is 3.12. The molecular formula is C14H24N2O. The summed E-state index contributed by atoms with van der Waals surface area (Å²) in [6, 6.07) is 0.318. The lowest BCUT2D eigenvalue weighted by atomic mass is 9.72. The Morgan fingerprint density at radius 2 is 2.18 bits per heavy atom. The molecule has 1 aromatic heterocycles. The number of rotatable bonds is 2. The highest BCUT2D eigenvalue weighted by Crippen LogP contribution is 2.43. The predicted molar refractivity (Wildman–Crippen MR) is 69.0 cm³/mol. The molecule has 0 spiro atoms. The van der Waals surface area contributed by atoms with Crippen molar-refractivity contribution in [3.05, 3.63) is 18.0 Å². The molecule has 0 aromatic carbocycles. The third kappa shape index (κ3) is 2.54. The van der Waals surface area contributed by atoms with E-state index < -0.39 is 0 Å². The standard InChI is InChI=1S/C14H24N2O/c1-10(2)11-8-15-16(9-11)13-7-12(17)5-6-14(13,3)4/h8-10,12-13,17H,5-7H2,1-4H3. The maximum atomic E-state index is 9.85. The van der Waals surface area contributed by atoms with Gasteiger partial charge in [0.25, 0.3) is 0 Å². The van der Waals surface area contributed by atoms with E-state index in [9.17, 15) is 5.11 Å². The number of hydrogen-bond donors (Lipinski definition) is 1. The van der Waals surface area contributed by atoms with Crippen LogP contribution in [0.2, 0.25) is 0 Å². The van der Waals surface area contributed by atoms with Gasteiger partial charge in [0.05, 0.1) is 18.3 Å². The topological polar surface area (TPSA) is 38.0 Å². The third-order valence-electron chi connectivity index (χ3n) is 4.13. The second kappa shape index (κ2) is 4.45. The molecule has 0 amide bonds. The number of aromatic nitrogens is 2. The van der Waals surface area contributed by atoms with Gasteiger partial charge in [-0.1, -0.05) is 27.7 Å². The van der Waals surface area contributed by atoms with Crippen molar-refractivity contribution in [3.63, 3.8) is 0 Å². The molecule has 0 bridgehead atoms. The first-order chi connectivity index (χ1) is 7.90. The van der Waals surface area contributed by atoms with Gasteiger partial charge >= 0.3 is 0 Å². The Balaban J connectivity index is 2.23. The fourth-order valence-electron chi connectivity index (χ4n) is 2.69. The molecule has 96 valence electrons. The highest BCUT2D eigenvalue weighted by Gasteiger charge is 2.37. The van der Waals surface area contributed by atoms with Crippen molar-refractivity contribution < 1.29 is 5.11 Å². The molecule has 1 heterocycles. The molecule has 2 rings (SSSR count). The second-order valence-electron chi connectivity index (χ2n) is 6.34. The first-order valence-electron chi connectivity index (χ1n) is 6.62. The molecule has 2 atom stereocenters. The normalized spacial score (nSPS) is 28.6. The average molecular weight is 236 g/mol. The van der Waals surface area contributed by atoms with Crippen molar-refractivity contribution in [3.8, 4) is 0 Å². The summed E-state index contributed by atoms with van der Waals surface area (Å²) in [6.07, 6.45) is 6.75. The Morgan fingerprint density at radius 1 is 1.47 bits per heavy atom. The summed E-state index contributed by atoms with van der Waals surface area (Å²) in [6.45, 7) is 8.92. The van der Waals surface area contributed by atoms with E-state index in [1.807, 2.05) is 6.20 Å². The molecule has 1 aliphatic rings. The Morgan fingerprint density at radius 3 is 2.76 bits per heavy atom. The van der Waals surface area contributed by atoms with E-state index in [-0.39, 0.29) is 11.5 Å². The summed E-state index contributed by atoms with van der Waals surface area (Å²) >= 11 is 0. The maximum Gasteiger partial charge on any atom is 0.0594 e. The molecular weight excluding hydrogens is 212 g/mol. The van der Waals surface area contributed by atoms with Gasteiger partial charge < -0.3 is 5.11 Å². The van der Waals surface area contributed by atoms with Crippen LogP contribution in [0.3, 0.4) is 0 Å². The first kappa shape index (κ1) is 12.6. The summed E-state index contributed by atoms with van der Waals surface area (Å²) in [5.74, 6) is 0.514. The van der Waals surface area contributed by atoms with Gasteiger partial charge in [-0.25, -0.2) is 0 Å². The van der Waals surface area contributed by atoms with Crippen LogP contribution in [-0.4, -0.2) is 21.0 Å².